The molecule has 1 unspecified atom stereocenters. The van der Waals surface area contributed by atoms with Crippen molar-refractivity contribution in [1.82, 2.24) is 0 Å². The van der Waals surface area contributed by atoms with Crippen LogP contribution in [0.5, 0.6) is 23.0 Å². The Morgan fingerprint density at radius 2 is 1.57 bits per heavy atom. The lowest BCUT2D eigenvalue weighted by atomic mass is 9.96. The molecule has 0 spiro atoms. The van der Waals surface area contributed by atoms with Crippen molar-refractivity contribution in [2.45, 2.75) is 19.9 Å². The maximum Gasteiger partial charge on any atom is 0.387 e. The zero-order chi connectivity index (χ0) is 20.7. The van der Waals surface area contributed by atoms with Crippen molar-refractivity contribution in [2.24, 2.45) is 0 Å². The minimum atomic E-state index is -3.13. The predicted molar refractivity (Wildman–Crippen MR) is 96.5 cm³/mol. The first-order chi connectivity index (χ1) is 13.4. The Morgan fingerprint density at radius 3 is 2.07 bits per heavy atom. The van der Waals surface area contributed by atoms with Crippen LogP contribution in [0.15, 0.2) is 42.5 Å². The van der Waals surface area contributed by atoms with E-state index in [0.29, 0.717) is 28.2 Å². The van der Waals surface area contributed by atoms with Crippen molar-refractivity contribution in [1.29, 1.82) is 5.26 Å². The van der Waals surface area contributed by atoms with Crippen molar-refractivity contribution < 1.29 is 32.1 Å². The van der Waals surface area contributed by atoms with Crippen LogP contribution in [0.2, 0.25) is 0 Å². The summed E-state index contributed by atoms with van der Waals surface area (Å²) >= 11 is 0. The molecule has 0 aliphatic heterocycles. The Balaban J connectivity index is 2.58. The van der Waals surface area contributed by atoms with Gasteiger partial charge in [0.15, 0.2) is 11.5 Å². The van der Waals surface area contributed by atoms with E-state index in [2.05, 4.69) is 4.74 Å². The minimum Gasteiger partial charge on any atom is -0.497 e. The van der Waals surface area contributed by atoms with Gasteiger partial charge in [0.25, 0.3) is 0 Å². The van der Waals surface area contributed by atoms with Gasteiger partial charge in [-0.15, -0.1) is 0 Å². The molecule has 2 aromatic carbocycles. The third kappa shape index (κ3) is 5.33. The van der Waals surface area contributed by atoms with Gasteiger partial charge in [0.05, 0.1) is 20.3 Å². The Hall–Kier alpha value is -3.34. The summed E-state index contributed by atoms with van der Waals surface area (Å²) in [6, 6.07) is 10.9. The summed E-state index contributed by atoms with van der Waals surface area (Å²) in [5.41, 5.74) is 1.33. The number of hydrogen-bond donors (Lipinski definition) is 0. The number of rotatable bonds is 8. The molecule has 2 rings (SSSR count). The predicted octanol–water partition coefficient (Wildman–Crippen LogP) is 4.95. The van der Waals surface area contributed by atoms with Gasteiger partial charge in [-0.2, -0.15) is 14.0 Å². The molecule has 8 heteroatoms. The van der Waals surface area contributed by atoms with Crippen LogP contribution in [-0.2, 0) is 0 Å². The number of hydrogen-bond acceptors (Lipinski definition) is 5. The molecule has 2 aromatic rings. The molecule has 0 aliphatic rings. The van der Waals surface area contributed by atoms with E-state index in [1.54, 1.807) is 18.2 Å². The Bertz CT molecular complexity index is 869. The largest absolute Gasteiger partial charge is 0.497 e. The first-order valence-corrected chi connectivity index (χ1v) is 8.11. The molecule has 0 heterocycles. The van der Waals surface area contributed by atoms with Crippen LogP contribution in [-0.4, -0.2) is 27.2 Å². The van der Waals surface area contributed by atoms with Gasteiger partial charge in [-0.3, -0.25) is 0 Å². The van der Waals surface area contributed by atoms with E-state index in [4.69, 9.17) is 14.2 Å². The summed E-state index contributed by atoms with van der Waals surface area (Å²) in [7, 11) is 2.95. The topological polar surface area (TPSA) is 60.7 Å². The van der Waals surface area contributed by atoms with Crippen LogP contribution in [0.25, 0.3) is 5.57 Å². The molecule has 0 fully saturated rings. The fourth-order valence-electron chi connectivity index (χ4n) is 2.50. The van der Waals surface area contributed by atoms with Gasteiger partial charge in [-0.25, -0.2) is 4.39 Å². The van der Waals surface area contributed by atoms with Crippen molar-refractivity contribution in [2.75, 3.05) is 14.2 Å². The number of ether oxygens (including phenoxy) is 4. The van der Waals surface area contributed by atoms with Crippen LogP contribution in [0.4, 0.5) is 13.2 Å². The summed E-state index contributed by atoms with van der Waals surface area (Å²) in [5.74, 6) is 0.427. The highest BCUT2D eigenvalue weighted by Crippen LogP contribution is 2.36. The minimum absolute atomic E-state index is 0.182. The number of nitrogens with zero attached hydrogens (tertiary/aromatic N) is 1. The average molecular weight is 393 g/mol. The van der Waals surface area contributed by atoms with E-state index < -0.39 is 13.0 Å². The van der Waals surface area contributed by atoms with Gasteiger partial charge >= 0.3 is 6.61 Å². The molecule has 0 aromatic heterocycles. The molecule has 0 saturated heterocycles. The zero-order valence-electron chi connectivity index (χ0n) is 15.4. The molecule has 148 valence electrons. The summed E-state index contributed by atoms with van der Waals surface area (Å²) in [6.07, 6.45) is -0.476. The van der Waals surface area contributed by atoms with E-state index in [-0.39, 0.29) is 11.5 Å². The monoisotopic (exact) mass is 393 g/mol. The first-order valence-electron chi connectivity index (χ1n) is 8.11. The molecular formula is C20H18F3NO4. The normalized spacial score (nSPS) is 12.3. The highest BCUT2D eigenvalue weighted by Gasteiger charge is 2.17. The Kier molecular flexibility index (Phi) is 7.15. The quantitative estimate of drug-likeness (QED) is 0.594. The zero-order valence-corrected chi connectivity index (χ0v) is 15.4. The van der Waals surface area contributed by atoms with Crippen molar-refractivity contribution in [3.63, 3.8) is 0 Å². The van der Waals surface area contributed by atoms with Crippen molar-refractivity contribution >= 4 is 5.57 Å². The highest BCUT2D eigenvalue weighted by molar-refractivity contribution is 5.83. The number of allylic oxidation sites excluding steroid dienone is 1. The maximum absolute atomic E-state index is 13.2. The van der Waals surface area contributed by atoms with Gasteiger partial charge in [0.1, 0.15) is 11.5 Å². The van der Waals surface area contributed by atoms with Crippen LogP contribution < -0.4 is 18.9 Å². The van der Waals surface area contributed by atoms with Crippen molar-refractivity contribution in [3.8, 4) is 29.1 Å². The molecule has 5 nitrogen and oxygen atoms in total. The third-order valence-corrected chi connectivity index (χ3v) is 3.63. The number of alkyl halides is 3. The van der Waals surface area contributed by atoms with E-state index in [1.807, 2.05) is 6.07 Å². The van der Waals surface area contributed by atoms with Gasteiger partial charge in [-0.05, 0) is 41.0 Å². The van der Waals surface area contributed by atoms with Gasteiger partial charge in [-0.1, -0.05) is 6.07 Å². The van der Waals surface area contributed by atoms with Crippen LogP contribution in [0, 0.1) is 11.3 Å². The van der Waals surface area contributed by atoms with E-state index in [0.717, 1.165) is 6.92 Å². The fraction of sp³-hybridized carbons (Fsp3) is 0.250. The lowest BCUT2D eigenvalue weighted by molar-refractivity contribution is -0.0533. The van der Waals surface area contributed by atoms with Crippen molar-refractivity contribution in [3.05, 3.63) is 53.6 Å². The number of nitriles is 1. The smallest absolute Gasteiger partial charge is 0.387 e. The standard InChI is InChI=1S/C20H18F3NO4/c1-12(21)27-18-5-4-13(10-19(18)28-20(22)23)17(6-7-24)14-8-15(25-2)11-16(9-14)26-3/h4-6,8-12,20H,1-3H3. The SMILES string of the molecule is COc1cc(OC)cc(C(=CC#N)c2ccc(OC(C)F)c(OC(F)F)c2)c1. The van der Waals surface area contributed by atoms with Crippen LogP contribution >= 0.6 is 0 Å². The lowest BCUT2D eigenvalue weighted by Gasteiger charge is -2.16. The number of methoxy groups -OCH3 is 2. The number of halogens is 3. The fourth-order valence-corrected chi connectivity index (χ4v) is 2.50. The molecule has 28 heavy (non-hydrogen) atoms. The van der Waals surface area contributed by atoms with Gasteiger partial charge in [0, 0.05) is 19.1 Å². The number of benzene rings is 2. The molecule has 0 aliphatic carbocycles. The second kappa shape index (κ2) is 9.55. The molecule has 1 atom stereocenters. The highest BCUT2D eigenvalue weighted by atomic mass is 19.3. The second-order valence-electron chi connectivity index (χ2n) is 5.49. The summed E-state index contributed by atoms with van der Waals surface area (Å²) in [6.45, 7) is -2.02. The van der Waals surface area contributed by atoms with E-state index >= 15 is 0 Å². The Morgan fingerprint density at radius 1 is 0.929 bits per heavy atom. The Labute approximate surface area is 160 Å². The maximum atomic E-state index is 13.2. The van der Waals surface area contributed by atoms with Gasteiger partial charge in [0.2, 0.25) is 6.36 Å². The third-order valence-electron chi connectivity index (χ3n) is 3.63. The summed E-state index contributed by atoms with van der Waals surface area (Å²) in [5, 5.41) is 9.19. The first kappa shape index (κ1) is 21.0. The lowest BCUT2D eigenvalue weighted by Crippen LogP contribution is -2.08. The molecular weight excluding hydrogens is 375 g/mol. The van der Waals surface area contributed by atoms with Gasteiger partial charge < -0.3 is 18.9 Å². The molecule has 0 amide bonds. The molecule has 0 saturated carbocycles. The summed E-state index contributed by atoms with van der Waals surface area (Å²) < 4.78 is 58.5. The van der Waals surface area contributed by atoms with E-state index in [9.17, 15) is 18.4 Å². The molecule has 0 radical (unpaired) electrons. The summed E-state index contributed by atoms with van der Waals surface area (Å²) in [4.78, 5) is 0. The average Bonchev–Trinajstić information content (AvgIpc) is 2.66. The molecule has 0 bridgehead atoms. The van der Waals surface area contributed by atoms with Crippen LogP contribution in [0.3, 0.4) is 0 Å². The second-order valence-corrected chi connectivity index (χ2v) is 5.49. The molecule has 0 N–H and O–H groups in total. The van der Waals surface area contributed by atoms with E-state index in [1.165, 1.54) is 38.5 Å². The van der Waals surface area contributed by atoms with Crippen LogP contribution in [0.1, 0.15) is 18.1 Å².